The molecule has 2 aromatic rings. The number of para-hydroxylation sites is 2. The van der Waals surface area contributed by atoms with Gasteiger partial charge >= 0.3 is 0 Å². The Labute approximate surface area is 182 Å². The summed E-state index contributed by atoms with van der Waals surface area (Å²) in [6.45, 7) is 8.98. The molecular weight excluding hydrogens is 400 g/mol. The van der Waals surface area contributed by atoms with Crippen molar-refractivity contribution in [1.82, 2.24) is 0 Å². The maximum Gasteiger partial charge on any atom is 0.285 e. The first-order chi connectivity index (χ1) is 14.3. The number of carbonyl (C=O) groups is 2. The number of hydrogen-bond donors (Lipinski definition) is 2. The van der Waals surface area contributed by atoms with Crippen molar-refractivity contribution in [2.75, 3.05) is 41.3 Å². The number of carbonyl (C=O) groups excluding carboxylic acids is 2. The zero-order valence-corrected chi connectivity index (χ0v) is 18.4. The van der Waals surface area contributed by atoms with Gasteiger partial charge in [0, 0.05) is 10.7 Å². The molecule has 2 heterocycles. The number of piperazine rings is 1. The Bertz CT molecular complexity index is 969. The van der Waals surface area contributed by atoms with Crippen LogP contribution >= 0.6 is 11.6 Å². The molecule has 2 aromatic carbocycles. The third kappa shape index (κ3) is 3.66. The summed E-state index contributed by atoms with van der Waals surface area (Å²) in [4.78, 5) is 31.5. The van der Waals surface area contributed by atoms with E-state index in [1.807, 2.05) is 49.4 Å². The van der Waals surface area contributed by atoms with Crippen molar-refractivity contribution >= 4 is 40.5 Å². The molecule has 4 rings (SSSR count). The van der Waals surface area contributed by atoms with Gasteiger partial charge in [0.05, 0.1) is 37.6 Å². The van der Waals surface area contributed by atoms with Gasteiger partial charge in [0.25, 0.3) is 5.91 Å². The SMILES string of the molecule is C[C@@H](C(=O)N1c2ccccc2NC(=O)C1(C)C)[NH+]1CCN(c2cccc(Cl)c2)CC1. The first-order valence-corrected chi connectivity index (χ1v) is 10.8. The molecule has 2 amide bonds. The molecule has 2 aliphatic heterocycles. The fraction of sp³-hybridized carbons (Fsp3) is 0.391. The van der Waals surface area contributed by atoms with Crippen LogP contribution in [0.5, 0.6) is 0 Å². The highest BCUT2D eigenvalue weighted by atomic mass is 35.5. The summed E-state index contributed by atoms with van der Waals surface area (Å²) in [6.07, 6.45) is 0. The molecule has 158 valence electrons. The van der Waals surface area contributed by atoms with Gasteiger partial charge in [-0.3, -0.25) is 14.5 Å². The number of rotatable bonds is 3. The van der Waals surface area contributed by atoms with Gasteiger partial charge in [0.1, 0.15) is 5.54 Å². The molecular formula is C23H28ClN4O2+. The number of nitrogens with one attached hydrogen (secondary N) is 2. The Morgan fingerprint density at radius 2 is 1.83 bits per heavy atom. The normalized spacial score (nSPS) is 19.8. The molecule has 6 nitrogen and oxygen atoms in total. The minimum Gasteiger partial charge on any atom is -0.360 e. The molecule has 1 fully saturated rings. The highest BCUT2D eigenvalue weighted by molar-refractivity contribution is 6.30. The van der Waals surface area contributed by atoms with Crippen molar-refractivity contribution < 1.29 is 14.5 Å². The van der Waals surface area contributed by atoms with Crippen LogP contribution in [-0.4, -0.2) is 49.6 Å². The summed E-state index contributed by atoms with van der Waals surface area (Å²) in [7, 11) is 0. The van der Waals surface area contributed by atoms with Crippen LogP contribution < -0.4 is 20.0 Å². The van der Waals surface area contributed by atoms with Gasteiger partial charge in [-0.1, -0.05) is 29.8 Å². The number of fused-ring (bicyclic) bond motifs is 1. The predicted octanol–water partition coefficient (Wildman–Crippen LogP) is 2.20. The highest BCUT2D eigenvalue weighted by Gasteiger charge is 2.46. The van der Waals surface area contributed by atoms with Gasteiger partial charge in [-0.05, 0) is 51.1 Å². The average Bonchev–Trinajstić information content (AvgIpc) is 2.74. The fourth-order valence-corrected chi connectivity index (χ4v) is 4.56. The molecule has 2 aliphatic rings. The molecule has 0 unspecified atom stereocenters. The van der Waals surface area contributed by atoms with Gasteiger partial charge in [-0.15, -0.1) is 0 Å². The number of anilines is 3. The second-order valence-electron chi connectivity index (χ2n) is 8.55. The van der Waals surface area contributed by atoms with Crippen LogP contribution in [-0.2, 0) is 9.59 Å². The van der Waals surface area contributed by atoms with Crippen LogP contribution in [0.4, 0.5) is 17.1 Å². The number of nitrogens with zero attached hydrogens (tertiary/aromatic N) is 2. The zero-order chi connectivity index (χ0) is 21.5. The monoisotopic (exact) mass is 427 g/mol. The summed E-state index contributed by atoms with van der Waals surface area (Å²) in [5.41, 5.74) is 1.62. The van der Waals surface area contributed by atoms with Crippen LogP contribution in [0.2, 0.25) is 5.02 Å². The highest BCUT2D eigenvalue weighted by Crippen LogP contribution is 2.36. The number of halogens is 1. The standard InChI is InChI=1S/C23H27ClN4O2/c1-16(26-11-13-27(14-12-26)18-8-6-7-17(24)15-18)21(29)28-20-10-5-4-9-19(20)25-22(30)23(28,2)3/h4-10,15-16H,11-14H2,1-3H3,(H,25,30)/p+1/t16-/m0/s1. The van der Waals surface area contributed by atoms with Gasteiger partial charge < -0.3 is 15.1 Å². The summed E-state index contributed by atoms with van der Waals surface area (Å²) in [5.74, 6) is -0.184. The predicted molar refractivity (Wildman–Crippen MR) is 120 cm³/mol. The summed E-state index contributed by atoms with van der Waals surface area (Å²) in [6, 6.07) is 15.1. The third-order valence-electron chi connectivity index (χ3n) is 6.29. The molecule has 7 heteroatoms. The van der Waals surface area contributed by atoms with E-state index in [2.05, 4.69) is 16.3 Å². The largest absolute Gasteiger partial charge is 0.360 e. The topological polar surface area (TPSA) is 57.1 Å². The lowest BCUT2D eigenvalue weighted by Crippen LogP contribution is -3.19. The van der Waals surface area contributed by atoms with Crippen molar-refractivity contribution in [3.8, 4) is 0 Å². The van der Waals surface area contributed by atoms with Crippen LogP contribution in [0.1, 0.15) is 20.8 Å². The van der Waals surface area contributed by atoms with Crippen LogP contribution in [0, 0.1) is 0 Å². The Kier molecular flexibility index (Phi) is 5.47. The van der Waals surface area contributed by atoms with Crippen molar-refractivity contribution in [2.45, 2.75) is 32.4 Å². The van der Waals surface area contributed by atoms with Crippen LogP contribution in [0.15, 0.2) is 48.5 Å². The van der Waals surface area contributed by atoms with E-state index in [9.17, 15) is 9.59 Å². The molecule has 0 radical (unpaired) electrons. The van der Waals surface area contributed by atoms with Gasteiger partial charge in [0.2, 0.25) is 5.91 Å². The van der Waals surface area contributed by atoms with E-state index in [1.165, 1.54) is 4.90 Å². The quantitative estimate of drug-likeness (QED) is 0.789. The smallest absolute Gasteiger partial charge is 0.285 e. The van der Waals surface area contributed by atoms with E-state index < -0.39 is 5.54 Å². The first-order valence-electron chi connectivity index (χ1n) is 10.4. The Morgan fingerprint density at radius 1 is 1.13 bits per heavy atom. The molecule has 30 heavy (non-hydrogen) atoms. The van der Waals surface area contributed by atoms with E-state index in [0.717, 1.165) is 42.6 Å². The number of quaternary nitrogens is 1. The third-order valence-corrected chi connectivity index (χ3v) is 6.53. The molecule has 1 saturated heterocycles. The van der Waals surface area contributed by atoms with Gasteiger partial charge in [-0.25, -0.2) is 0 Å². The molecule has 0 saturated carbocycles. The zero-order valence-electron chi connectivity index (χ0n) is 17.6. The van der Waals surface area contributed by atoms with E-state index in [1.54, 1.807) is 18.7 Å². The molecule has 0 spiro atoms. The molecule has 2 N–H and O–H groups in total. The Balaban J connectivity index is 1.51. The number of amides is 2. The van der Waals surface area contributed by atoms with Gasteiger partial charge in [-0.2, -0.15) is 0 Å². The van der Waals surface area contributed by atoms with Crippen molar-refractivity contribution in [2.24, 2.45) is 0 Å². The number of hydrogen-bond acceptors (Lipinski definition) is 3. The van der Waals surface area contributed by atoms with E-state index in [0.29, 0.717) is 5.69 Å². The van der Waals surface area contributed by atoms with Crippen molar-refractivity contribution in [1.29, 1.82) is 0 Å². The second kappa shape index (κ2) is 7.93. The lowest BCUT2D eigenvalue weighted by atomic mass is 9.95. The second-order valence-corrected chi connectivity index (χ2v) is 8.99. The molecule has 0 aliphatic carbocycles. The summed E-state index contributed by atoms with van der Waals surface area (Å²) < 4.78 is 0. The van der Waals surface area contributed by atoms with Gasteiger partial charge in [0.15, 0.2) is 6.04 Å². The maximum absolute atomic E-state index is 13.6. The average molecular weight is 428 g/mol. The van der Waals surface area contributed by atoms with Crippen LogP contribution in [0.3, 0.4) is 0 Å². The minimum atomic E-state index is -0.943. The lowest BCUT2D eigenvalue weighted by molar-refractivity contribution is -0.914. The van der Waals surface area contributed by atoms with E-state index in [-0.39, 0.29) is 17.9 Å². The summed E-state index contributed by atoms with van der Waals surface area (Å²) >= 11 is 6.14. The molecule has 1 atom stereocenters. The first kappa shape index (κ1) is 20.7. The fourth-order valence-electron chi connectivity index (χ4n) is 4.37. The van der Waals surface area contributed by atoms with Crippen LogP contribution in [0.25, 0.3) is 0 Å². The molecule has 0 aromatic heterocycles. The lowest BCUT2D eigenvalue weighted by Gasteiger charge is -2.44. The van der Waals surface area contributed by atoms with E-state index in [4.69, 9.17) is 11.6 Å². The van der Waals surface area contributed by atoms with Crippen molar-refractivity contribution in [3.63, 3.8) is 0 Å². The molecule has 0 bridgehead atoms. The Morgan fingerprint density at radius 3 is 2.53 bits per heavy atom. The maximum atomic E-state index is 13.6. The summed E-state index contributed by atoms with van der Waals surface area (Å²) in [5, 5.41) is 3.66. The van der Waals surface area contributed by atoms with E-state index >= 15 is 0 Å². The minimum absolute atomic E-state index is 0.0199. The Hall–Kier alpha value is -2.57. The number of benzene rings is 2. The van der Waals surface area contributed by atoms with Crippen molar-refractivity contribution in [3.05, 3.63) is 53.6 Å².